The van der Waals surface area contributed by atoms with E-state index >= 15 is 0 Å². The van der Waals surface area contributed by atoms with Gasteiger partial charge in [0.25, 0.3) is 5.91 Å². The molecule has 0 saturated heterocycles. The number of nitrogens with zero attached hydrogens (tertiary/aromatic N) is 1. The molecule has 6 nitrogen and oxygen atoms in total. The molecule has 2 aromatic rings. The van der Waals surface area contributed by atoms with Gasteiger partial charge in [0.15, 0.2) is 0 Å². The first-order chi connectivity index (χ1) is 10.0. The summed E-state index contributed by atoms with van der Waals surface area (Å²) in [6, 6.07) is 6.87. The van der Waals surface area contributed by atoms with E-state index in [1.807, 2.05) is 6.92 Å². The molecule has 2 N–H and O–H groups in total. The van der Waals surface area contributed by atoms with Gasteiger partial charge in [0.05, 0.1) is 0 Å². The molecule has 0 bridgehead atoms. The molecule has 0 aliphatic heterocycles. The van der Waals surface area contributed by atoms with Crippen LogP contribution in [-0.4, -0.2) is 40.0 Å². The third-order valence-electron chi connectivity index (χ3n) is 3.13. The Balaban J connectivity index is 2.44. The topological polar surface area (TPSA) is 90.5 Å². The number of pyridine rings is 1. The number of hydrogen-bond donors (Lipinski definition) is 2. The lowest BCUT2D eigenvalue weighted by molar-refractivity contribution is -0.137. The number of carboxylic acid groups (broad SMARTS) is 1. The standard InChI is InChI=1S/C15H16N2O4/c1-2-7-17(9-13(18)19)15(21)11-8-16-12-6-4-3-5-10(12)14(11)20/h3-6,8H,2,7,9H2,1H3,(H,16,20)(H,18,19). The lowest BCUT2D eigenvalue weighted by Gasteiger charge is -2.19. The third kappa shape index (κ3) is 3.10. The second-order valence-electron chi connectivity index (χ2n) is 4.70. The first kappa shape index (κ1) is 14.8. The van der Waals surface area contributed by atoms with Crippen molar-refractivity contribution in [2.24, 2.45) is 0 Å². The van der Waals surface area contributed by atoms with Crippen LogP contribution in [0.4, 0.5) is 0 Å². The van der Waals surface area contributed by atoms with Crippen molar-refractivity contribution in [2.45, 2.75) is 13.3 Å². The van der Waals surface area contributed by atoms with Gasteiger partial charge in [-0.05, 0) is 18.6 Å². The average Bonchev–Trinajstić information content (AvgIpc) is 2.46. The maximum Gasteiger partial charge on any atom is 0.323 e. The summed E-state index contributed by atoms with van der Waals surface area (Å²) in [5.74, 6) is -1.67. The summed E-state index contributed by atoms with van der Waals surface area (Å²) >= 11 is 0. The van der Waals surface area contributed by atoms with E-state index in [0.717, 1.165) is 0 Å². The van der Waals surface area contributed by atoms with Crippen LogP contribution in [0, 0.1) is 0 Å². The van der Waals surface area contributed by atoms with Gasteiger partial charge in [-0.2, -0.15) is 0 Å². The molecule has 1 aromatic heterocycles. The second-order valence-corrected chi connectivity index (χ2v) is 4.70. The molecular weight excluding hydrogens is 272 g/mol. The van der Waals surface area contributed by atoms with Crippen molar-refractivity contribution in [3.63, 3.8) is 0 Å². The van der Waals surface area contributed by atoms with Gasteiger partial charge in [-0.25, -0.2) is 0 Å². The minimum atomic E-state index is -1.10. The molecule has 1 aromatic carbocycles. The summed E-state index contributed by atoms with van der Waals surface area (Å²) in [5, 5.41) is 9.28. The van der Waals surface area contributed by atoms with Gasteiger partial charge in [0.2, 0.25) is 5.43 Å². The second kappa shape index (κ2) is 6.21. The van der Waals surface area contributed by atoms with Crippen LogP contribution in [0.15, 0.2) is 35.3 Å². The lowest BCUT2D eigenvalue weighted by Crippen LogP contribution is -2.38. The summed E-state index contributed by atoms with van der Waals surface area (Å²) in [4.78, 5) is 39.6. The van der Waals surface area contributed by atoms with Crippen LogP contribution < -0.4 is 5.43 Å². The number of H-pyrrole nitrogens is 1. The fourth-order valence-corrected chi connectivity index (χ4v) is 2.18. The Morgan fingerprint density at radius 2 is 2.00 bits per heavy atom. The van der Waals surface area contributed by atoms with Crippen LogP contribution in [0.1, 0.15) is 23.7 Å². The molecule has 0 atom stereocenters. The summed E-state index contributed by atoms with van der Waals surface area (Å²) in [6.45, 7) is 1.71. The molecule has 2 rings (SSSR count). The van der Waals surface area contributed by atoms with E-state index in [2.05, 4.69) is 4.98 Å². The van der Waals surface area contributed by atoms with Crippen LogP contribution in [0.2, 0.25) is 0 Å². The molecule has 110 valence electrons. The Kier molecular flexibility index (Phi) is 4.37. The van der Waals surface area contributed by atoms with Gasteiger partial charge < -0.3 is 15.0 Å². The number of para-hydroxylation sites is 1. The molecule has 0 spiro atoms. The van der Waals surface area contributed by atoms with E-state index in [1.54, 1.807) is 24.3 Å². The highest BCUT2D eigenvalue weighted by molar-refractivity contribution is 5.98. The van der Waals surface area contributed by atoms with Crippen molar-refractivity contribution >= 4 is 22.8 Å². The van der Waals surface area contributed by atoms with Gasteiger partial charge in [0, 0.05) is 23.6 Å². The summed E-state index contributed by atoms with van der Waals surface area (Å²) in [6.07, 6.45) is 1.96. The number of carboxylic acids is 1. The molecule has 21 heavy (non-hydrogen) atoms. The van der Waals surface area contributed by atoms with Crippen LogP contribution in [0.3, 0.4) is 0 Å². The Morgan fingerprint density at radius 1 is 1.29 bits per heavy atom. The van der Waals surface area contributed by atoms with E-state index in [9.17, 15) is 14.4 Å². The van der Waals surface area contributed by atoms with Crippen LogP contribution >= 0.6 is 0 Å². The van der Waals surface area contributed by atoms with Gasteiger partial charge in [-0.15, -0.1) is 0 Å². The molecule has 0 aliphatic rings. The summed E-state index contributed by atoms with van der Waals surface area (Å²) in [5.41, 5.74) is 0.212. The maximum absolute atomic E-state index is 12.4. The van der Waals surface area contributed by atoms with Gasteiger partial charge in [0.1, 0.15) is 12.1 Å². The molecule has 0 unspecified atom stereocenters. The van der Waals surface area contributed by atoms with Crippen molar-refractivity contribution in [3.05, 3.63) is 46.2 Å². The number of benzene rings is 1. The average molecular weight is 288 g/mol. The van der Waals surface area contributed by atoms with Gasteiger partial charge >= 0.3 is 5.97 Å². The largest absolute Gasteiger partial charge is 0.480 e. The minimum Gasteiger partial charge on any atom is -0.480 e. The first-order valence-corrected chi connectivity index (χ1v) is 6.66. The van der Waals surface area contributed by atoms with E-state index in [4.69, 9.17) is 5.11 Å². The van der Waals surface area contributed by atoms with E-state index in [1.165, 1.54) is 11.1 Å². The zero-order valence-corrected chi connectivity index (χ0v) is 11.6. The zero-order valence-electron chi connectivity index (χ0n) is 11.6. The summed E-state index contributed by atoms with van der Waals surface area (Å²) < 4.78 is 0. The van der Waals surface area contributed by atoms with E-state index in [-0.39, 0.29) is 17.5 Å². The maximum atomic E-state index is 12.4. The molecule has 0 fully saturated rings. The molecule has 6 heteroatoms. The molecule has 0 aliphatic carbocycles. The Morgan fingerprint density at radius 3 is 2.67 bits per heavy atom. The van der Waals surface area contributed by atoms with Crippen molar-refractivity contribution < 1.29 is 14.7 Å². The Bertz CT molecular complexity index is 736. The highest BCUT2D eigenvalue weighted by atomic mass is 16.4. The summed E-state index contributed by atoms with van der Waals surface area (Å²) in [7, 11) is 0. The number of carbonyl (C=O) groups is 2. The molecule has 0 saturated carbocycles. The van der Waals surface area contributed by atoms with Gasteiger partial charge in [-0.3, -0.25) is 14.4 Å². The molecule has 0 radical (unpaired) electrons. The normalized spacial score (nSPS) is 10.5. The van der Waals surface area contributed by atoms with Crippen molar-refractivity contribution in [2.75, 3.05) is 13.1 Å². The molecular formula is C15H16N2O4. The monoisotopic (exact) mass is 288 g/mol. The van der Waals surface area contributed by atoms with Crippen molar-refractivity contribution in [1.82, 2.24) is 9.88 Å². The first-order valence-electron chi connectivity index (χ1n) is 6.66. The number of aliphatic carboxylic acids is 1. The van der Waals surface area contributed by atoms with E-state index < -0.39 is 18.4 Å². The lowest BCUT2D eigenvalue weighted by atomic mass is 10.1. The third-order valence-corrected chi connectivity index (χ3v) is 3.13. The fraction of sp³-hybridized carbons (Fsp3) is 0.267. The Hall–Kier alpha value is -2.63. The quantitative estimate of drug-likeness (QED) is 0.871. The van der Waals surface area contributed by atoms with Crippen molar-refractivity contribution in [1.29, 1.82) is 0 Å². The zero-order chi connectivity index (χ0) is 15.4. The molecule has 1 amide bonds. The SMILES string of the molecule is CCCN(CC(=O)O)C(=O)c1c[nH]c2ccccc2c1=O. The number of aromatic nitrogens is 1. The number of fused-ring (bicyclic) bond motifs is 1. The smallest absolute Gasteiger partial charge is 0.323 e. The van der Waals surface area contributed by atoms with E-state index in [0.29, 0.717) is 17.3 Å². The van der Waals surface area contributed by atoms with Crippen molar-refractivity contribution in [3.8, 4) is 0 Å². The minimum absolute atomic E-state index is 0.0385. The number of amides is 1. The number of hydrogen-bond acceptors (Lipinski definition) is 3. The fourth-order valence-electron chi connectivity index (χ4n) is 2.18. The van der Waals surface area contributed by atoms with Gasteiger partial charge in [-0.1, -0.05) is 19.1 Å². The molecule has 1 heterocycles. The van der Waals surface area contributed by atoms with Crippen LogP contribution in [-0.2, 0) is 4.79 Å². The Labute approximate surface area is 121 Å². The highest BCUT2D eigenvalue weighted by Gasteiger charge is 2.21. The number of nitrogens with one attached hydrogen (secondary N) is 1. The van der Waals surface area contributed by atoms with Crippen LogP contribution in [0.25, 0.3) is 10.9 Å². The predicted octanol–water partition coefficient (Wildman–Crippen LogP) is 1.46. The van der Waals surface area contributed by atoms with Crippen LogP contribution in [0.5, 0.6) is 0 Å². The number of aromatic amines is 1. The number of rotatable bonds is 5. The number of carbonyl (C=O) groups excluding carboxylic acids is 1. The highest BCUT2D eigenvalue weighted by Crippen LogP contribution is 2.09. The predicted molar refractivity (Wildman–Crippen MR) is 78.4 cm³/mol.